The van der Waals surface area contributed by atoms with E-state index in [9.17, 15) is 24.2 Å². The number of carbonyl (C=O) groups excluding carboxylic acids is 1. The van der Waals surface area contributed by atoms with Gasteiger partial charge in [0.15, 0.2) is 0 Å². The van der Waals surface area contributed by atoms with E-state index in [0.717, 1.165) is 0 Å². The molecular formula is C9H9F5O3S. The fourth-order valence-electron chi connectivity index (χ4n) is 1.04. The topological polar surface area (TPSA) is 35.5 Å². The highest BCUT2D eigenvalue weighted by Gasteiger charge is 2.65. The molecule has 104 valence electrons. The molecule has 1 aromatic carbocycles. The molecule has 3 nitrogen and oxygen atoms in total. The fraction of sp³-hybridized carbons (Fsp3) is 0.222. The van der Waals surface area contributed by atoms with Gasteiger partial charge in [-0.05, 0) is 24.3 Å². The van der Waals surface area contributed by atoms with Gasteiger partial charge in [0.1, 0.15) is 17.3 Å². The summed E-state index contributed by atoms with van der Waals surface area (Å²) in [4.78, 5) is 8.87. The first-order chi connectivity index (χ1) is 7.92. The average molecular weight is 292 g/mol. The molecule has 1 aromatic rings. The molecule has 18 heavy (non-hydrogen) atoms. The number of ether oxygens (including phenoxy) is 2. The van der Waals surface area contributed by atoms with E-state index in [0.29, 0.717) is 12.1 Å². The van der Waals surface area contributed by atoms with Crippen LogP contribution in [0, 0.1) is 0 Å². The predicted molar refractivity (Wildman–Crippen MR) is 55.4 cm³/mol. The molecule has 9 heteroatoms. The molecule has 0 unspecified atom stereocenters. The predicted octanol–water partition coefficient (Wildman–Crippen LogP) is 3.90. The number of methoxy groups -OCH3 is 1. The van der Waals surface area contributed by atoms with Crippen LogP contribution in [0.5, 0.6) is 5.75 Å². The Kier molecular flexibility index (Phi) is 3.12. The molecule has 0 saturated carbocycles. The monoisotopic (exact) mass is 292 g/mol. The van der Waals surface area contributed by atoms with Gasteiger partial charge in [0.2, 0.25) is 0 Å². The maximum Gasteiger partial charge on any atom is 0.337 e. The van der Waals surface area contributed by atoms with Crippen molar-refractivity contribution in [2.24, 2.45) is 0 Å². The summed E-state index contributed by atoms with van der Waals surface area (Å²) in [5.41, 5.74) is 0. The Morgan fingerprint density at radius 2 is 1.61 bits per heavy atom. The normalized spacial score (nSPS) is 15.7. The van der Waals surface area contributed by atoms with Crippen molar-refractivity contribution in [3.05, 3.63) is 24.3 Å². The Balaban J connectivity index is 2.92. The third-order valence-corrected chi connectivity index (χ3v) is 2.93. The van der Waals surface area contributed by atoms with Crippen molar-refractivity contribution in [2.45, 2.75) is 4.90 Å². The lowest BCUT2D eigenvalue weighted by Crippen LogP contribution is -2.14. The van der Waals surface area contributed by atoms with Crippen LogP contribution in [-0.4, -0.2) is 19.7 Å². The van der Waals surface area contributed by atoms with Crippen molar-refractivity contribution in [2.75, 3.05) is 13.7 Å². The van der Waals surface area contributed by atoms with Crippen LogP contribution in [0.25, 0.3) is 0 Å². The first-order valence-electron chi connectivity index (χ1n) is 4.46. The first-order valence-corrected chi connectivity index (χ1v) is 6.41. The summed E-state index contributed by atoms with van der Waals surface area (Å²) in [6.45, 7) is -0.399. The van der Waals surface area contributed by atoms with E-state index in [4.69, 9.17) is 0 Å². The van der Waals surface area contributed by atoms with Crippen molar-refractivity contribution >= 4 is 16.2 Å². The highest BCUT2D eigenvalue weighted by atomic mass is 32.5. The summed E-state index contributed by atoms with van der Waals surface area (Å²) in [5, 5.41) is 0. The van der Waals surface area contributed by atoms with Crippen LogP contribution in [0.1, 0.15) is 0 Å². The van der Waals surface area contributed by atoms with E-state index in [1.807, 2.05) is 0 Å². The second-order valence-corrected chi connectivity index (χ2v) is 5.76. The highest BCUT2D eigenvalue weighted by Crippen LogP contribution is 3.02. The summed E-state index contributed by atoms with van der Waals surface area (Å²) >= 11 is 0. The Morgan fingerprint density at radius 1 is 1.11 bits per heavy atom. The van der Waals surface area contributed by atoms with Crippen LogP contribution in [0.15, 0.2) is 29.2 Å². The average Bonchev–Trinajstić information content (AvgIpc) is 2.15. The number of hydrogen-bond acceptors (Lipinski definition) is 3. The maximum absolute atomic E-state index is 12.3. The largest absolute Gasteiger partial charge is 0.425 e. The number of carbonyl (C=O) groups is 1. The van der Waals surface area contributed by atoms with Gasteiger partial charge >= 0.3 is 16.2 Å². The van der Waals surface area contributed by atoms with Crippen LogP contribution in [-0.2, 0) is 9.53 Å². The van der Waals surface area contributed by atoms with Crippen LogP contribution in [0.3, 0.4) is 0 Å². The minimum absolute atomic E-state index is 0.164. The van der Waals surface area contributed by atoms with Crippen LogP contribution >= 0.6 is 10.2 Å². The molecule has 0 N–H and O–H groups in total. The van der Waals surface area contributed by atoms with E-state index < -0.39 is 27.7 Å². The number of hydrogen-bond donors (Lipinski definition) is 0. The van der Waals surface area contributed by atoms with Gasteiger partial charge < -0.3 is 9.47 Å². The lowest BCUT2D eigenvalue weighted by Gasteiger charge is -2.40. The molecule has 0 spiro atoms. The lowest BCUT2D eigenvalue weighted by atomic mass is 10.3. The van der Waals surface area contributed by atoms with Gasteiger partial charge in [-0.2, -0.15) is 0 Å². The van der Waals surface area contributed by atoms with Crippen molar-refractivity contribution in [1.29, 1.82) is 0 Å². The molecule has 0 saturated heterocycles. The summed E-state index contributed by atoms with van der Waals surface area (Å²) in [7, 11) is -8.46. The van der Waals surface area contributed by atoms with Crippen molar-refractivity contribution in [3.63, 3.8) is 0 Å². The molecule has 0 fully saturated rings. The molecule has 0 aliphatic heterocycles. The molecule has 0 radical (unpaired) electrons. The quantitative estimate of drug-likeness (QED) is 0.480. The molecule has 0 amide bonds. The second kappa shape index (κ2) is 3.82. The van der Waals surface area contributed by atoms with Gasteiger partial charge in [0.05, 0.1) is 0 Å². The maximum atomic E-state index is 12.3. The van der Waals surface area contributed by atoms with Crippen LogP contribution < -0.4 is 4.74 Å². The zero-order valence-corrected chi connectivity index (χ0v) is 9.86. The Labute approximate surface area is 99.2 Å². The lowest BCUT2D eigenvalue weighted by molar-refractivity contribution is -0.138. The van der Waals surface area contributed by atoms with E-state index in [2.05, 4.69) is 9.47 Å². The number of benzene rings is 1. The summed E-state index contributed by atoms with van der Waals surface area (Å²) in [6.07, 6.45) is 0. The second-order valence-electron chi connectivity index (χ2n) is 3.35. The third kappa shape index (κ3) is 4.15. The highest BCUT2D eigenvalue weighted by molar-refractivity contribution is 8.45. The van der Waals surface area contributed by atoms with Gasteiger partial charge in [0, 0.05) is 7.11 Å². The van der Waals surface area contributed by atoms with Crippen LogP contribution in [0.2, 0.25) is 0 Å². The molecule has 0 aromatic heterocycles. The molecule has 0 atom stereocenters. The van der Waals surface area contributed by atoms with Crippen molar-refractivity contribution < 1.29 is 33.7 Å². The standard InChI is InChI=1S/C9H9F5O3S/c1-16-6-9(15)17-7-2-4-8(5-3-7)18(10,11,12,13)14/h2-5H,6H2,1H3. The molecular weight excluding hydrogens is 283 g/mol. The minimum atomic E-state index is -9.68. The molecule has 1 rings (SSSR count). The van der Waals surface area contributed by atoms with E-state index in [-0.39, 0.29) is 17.9 Å². The Bertz CT molecular complexity index is 453. The summed E-state index contributed by atoms with van der Waals surface area (Å²) in [5.74, 6) is -1.12. The number of esters is 1. The van der Waals surface area contributed by atoms with Gasteiger partial charge in [-0.15, -0.1) is 0 Å². The Hall–Kier alpha value is -1.35. The minimum Gasteiger partial charge on any atom is -0.425 e. The van der Waals surface area contributed by atoms with Crippen molar-refractivity contribution in [3.8, 4) is 5.75 Å². The molecule has 0 bridgehead atoms. The van der Waals surface area contributed by atoms with Gasteiger partial charge in [0.25, 0.3) is 0 Å². The van der Waals surface area contributed by atoms with E-state index >= 15 is 0 Å². The number of halogens is 5. The van der Waals surface area contributed by atoms with Gasteiger partial charge in [-0.3, -0.25) is 0 Å². The third-order valence-electron chi connectivity index (χ3n) is 1.76. The first kappa shape index (κ1) is 14.7. The van der Waals surface area contributed by atoms with Crippen molar-refractivity contribution in [1.82, 2.24) is 0 Å². The van der Waals surface area contributed by atoms with Gasteiger partial charge in [-0.25, -0.2) is 4.79 Å². The fourth-order valence-corrected chi connectivity index (χ4v) is 1.69. The van der Waals surface area contributed by atoms with E-state index in [1.54, 1.807) is 0 Å². The zero-order valence-electron chi connectivity index (χ0n) is 9.04. The number of rotatable bonds is 4. The zero-order chi connectivity index (χ0) is 14.1. The van der Waals surface area contributed by atoms with E-state index in [1.165, 1.54) is 7.11 Å². The Morgan fingerprint density at radius 3 is 2.00 bits per heavy atom. The molecule has 0 aliphatic carbocycles. The summed E-state index contributed by atoms with van der Waals surface area (Å²) < 4.78 is 70.6. The summed E-state index contributed by atoms with van der Waals surface area (Å²) in [6, 6.07) is 1.61. The smallest absolute Gasteiger partial charge is 0.337 e. The molecule has 0 heterocycles. The van der Waals surface area contributed by atoms with Gasteiger partial charge in [-0.1, -0.05) is 19.4 Å². The molecule has 0 aliphatic rings. The van der Waals surface area contributed by atoms with Crippen LogP contribution in [0.4, 0.5) is 19.4 Å². The SMILES string of the molecule is COCC(=O)Oc1ccc(S(F)(F)(F)(F)F)cc1.